The molecule has 49 heavy (non-hydrogen) atoms. The second-order valence-corrected chi connectivity index (χ2v) is 12.6. The van der Waals surface area contributed by atoms with Crippen LogP contribution in [0.2, 0.25) is 0 Å². The Morgan fingerprint density at radius 1 is 1.00 bits per heavy atom. The standard InChI is InChI=1S/C35H55N5O9/c1-9-40(10-2)15-14-38-29-24-16-20(3)17-28(47-8)32(49-35(37)45)23(6)18-22(5)31(48-34(36)44)27(46-7)13-11-12-21(4)33(43)39-25(30(24)42)19-26(29)41/h12,18-20,23,27-28,31-32,38H,9-11,13-17H2,1-8H3,(H2,36,44)(H2,37,45)(H,39,43)/b21-12-,22-18-. The van der Waals surface area contributed by atoms with Crippen LogP contribution in [-0.4, -0.2) is 99.4 Å². The summed E-state index contributed by atoms with van der Waals surface area (Å²) in [6, 6.07) is 0. The van der Waals surface area contributed by atoms with Gasteiger partial charge in [0.2, 0.25) is 11.6 Å². The first kappa shape index (κ1) is 41.2. The quantitative estimate of drug-likeness (QED) is 0.194. The van der Waals surface area contributed by atoms with E-state index in [1.165, 1.54) is 14.2 Å². The number of ether oxygens (including phenoxy) is 4. The summed E-state index contributed by atoms with van der Waals surface area (Å²) in [6.07, 6.45) is 0.642. The Bertz CT molecular complexity index is 1330. The SMILES string of the molecule is CCN(CC)CCNC1=C2CC(C)CC(OC)C(OC(N)=O)C(C)/C=C(/C)C(OC(N)=O)C(OC)CC/C=C(/C)C(=O)NC(=CC1=O)C2=O. The number of amides is 3. The largest absolute Gasteiger partial charge is 0.443 e. The lowest BCUT2D eigenvalue weighted by atomic mass is 9.85. The van der Waals surface area contributed by atoms with E-state index in [9.17, 15) is 24.0 Å². The molecule has 274 valence electrons. The molecule has 0 saturated heterocycles. The van der Waals surface area contributed by atoms with Crippen LogP contribution in [0.1, 0.15) is 67.2 Å². The Morgan fingerprint density at radius 2 is 1.63 bits per heavy atom. The summed E-state index contributed by atoms with van der Waals surface area (Å²) in [5.74, 6) is -2.18. The molecule has 0 aromatic rings. The lowest BCUT2D eigenvalue weighted by Crippen LogP contribution is -2.41. The molecule has 2 rings (SSSR count). The van der Waals surface area contributed by atoms with Gasteiger partial charge in [-0.2, -0.15) is 0 Å². The number of nitrogens with zero attached hydrogens (tertiary/aromatic N) is 1. The summed E-state index contributed by atoms with van der Waals surface area (Å²) < 4.78 is 22.6. The minimum absolute atomic E-state index is 0.117. The number of hydrogen-bond donors (Lipinski definition) is 4. The zero-order valence-electron chi connectivity index (χ0n) is 30.1. The molecule has 0 aromatic carbocycles. The molecule has 6 N–H and O–H groups in total. The molecule has 0 aromatic heterocycles. The number of carbonyl (C=O) groups excluding carboxylic acids is 5. The lowest BCUT2D eigenvalue weighted by Gasteiger charge is -2.32. The predicted molar refractivity (Wildman–Crippen MR) is 184 cm³/mol. The number of nitrogens with one attached hydrogen (secondary N) is 2. The maximum Gasteiger partial charge on any atom is 0.405 e. The minimum Gasteiger partial charge on any atom is -0.443 e. The summed E-state index contributed by atoms with van der Waals surface area (Å²) in [5, 5.41) is 5.82. The van der Waals surface area contributed by atoms with E-state index in [0.29, 0.717) is 43.5 Å². The number of methoxy groups -OCH3 is 2. The van der Waals surface area contributed by atoms with E-state index in [0.717, 1.165) is 19.2 Å². The Labute approximate surface area is 289 Å². The Kier molecular flexibility index (Phi) is 16.7. The van der Waals surface area contributed by atoms with Crippen LogP contribution in [0.4, 0.5) is 9.59 Å². The fourth-order valence-electron chi connectivity index (χ4n) is 6.26. The van der Waals surface area contributed by atoms with Gasteiger partial charge in [-0.15, -0.1) is 0 Å². The smallest absolute Gasteiger partial charge is 0.405 e. The molecule has 2 aliphatic rings. The third kappa shape index (κ3) is 12.1. The highest BCUT2D eigenvalue weighted by molar-refractivity contribution is 6.23. The fourth-order valence-corrected chi connectivity index (χ4v) is 6.26. The first-order valence-corrected chi connectivity index (χ1v) is 16.8. The van der Waals surface area contributed by atoms with Crippen LogP contribution in [-0.2, 0) is 33.3 Å². The van der Waals surface area contributed by atoms with Crippen molar-refractivity contribution in [2.45, 2.75) is 91.6 Å². The molecule has 6 atom stereocenters. The lowest BCUT2D eigenvalue weighted by molar-refractivity contribution is -0.120. The van der Waals surface area contributed by atoms with Gasteiger partial charge < -0.3 is 45.9 Å². The number of nitrogens with two attached hydrogens (primary N) is 2. The molecule has 0 fully saturated rings. The third-order valence-corrected chi connectivity index (χ3v) is 8.96. The highest BCUT2D eigenvalue weighted by atomic mass is 16.6. The van der Waals surface area contributed by atoms with E-state index in [1.807, 2.05) is 27.7 Å². The van der Waals surface area contributed by atoms with E-state index in [-0.39, 0.29) is 29.3 Å². The average Bonchev–Trinajstić information content (AvgIpc) is 3.04. The molecule has 0 spiro atoms. The highest BCUT2D eigenvalue weighted by Gasteiger charge is 2.35. The van der Waals surface area contributed by atoms with Crippen LogP contribution in [0.25, 0.3) is 0 Å². The normalized spacial score (nSPS) is 28.5. The fraction of sp³-hybridized carbons (Fsp3) is 0.629. The van der Waals surface area contributed by atoms with Crippen LogP contribution in [0.5, 0.6) is 0 Å². The van der Waals surface area contributed by atoms with Crippen molar-refractivity contribution in [1.29, 1.82) is 0 Å². The summed E-state index contributed by atoms with van der Waals surface area (Å²) in [6.45, 7) is 13.9. The molecule has 14 nitrogen and oxygen atoms in total. The topological polar surface area (TPSA) is 202 Å². The van der Waals surface area contributed by atoms with Gasteiger partial charge in [-0.3, -0.25) is 14.4 Å². The number of likely N-dealkylation sites (N-methyl/N-ethyl adjacent to an activating group) is 1. The number of rotatable bonds is 10. The maximum atomic E-state index is 13.9. The molecule has 2 bridgehead atoms. The van der Waals surface area contributed by atoms with Crippen molar-refractivity contribution in [1.82, 2.24) is 15.5 Å². The van der Waals surface area contributed by atoms with Gasteiger partial charge in [-0.05, 0) is 64.1 Å². The second-order valence-electron chi connectivity index (χ2n) is 12.6. The van der Waals surface area contributed by atoms with E-state index < -0.39 is 60.0 Å². The Hall–Kier alpha value is -4.01. The van der Waals surface area contributed by atoms with E-state index in [1.54, 1.807) is 26.0 Å². The van der Waals surface area contributed by atoms with Crippen molar-refractivity contribution in [3.63, 3.8) is 0 Å². The zero-order valence-corrected chi connectivity index (χ0v) is 30.1. The number of fused-ring (bicyclic) bond motifs is 2. The van der Waals surface area contributed by atoms with Crippen LogP contribution < -0.4 is 22.1 Å². The molecule has 1 aliphatic heterocycles. The molecular formula is C35H55N5O9. The molecule has 0 saturated carbocycles. The predicted octanol–water partition coefficient (Wildman–Crippen LogP) is 3.02. The number of primary amides is 2. The maximum absolute atomic E-state index is 13.9. The monoisotopic (exact) mass is 689 g/mol. The molecule has 3 amide bonds. The van der Waals surface area contributed by atoms with E-state index in [2.05, 4.69) is 15.5 Å². The first-order chi connectivity index (χ1) is 23.2. The van der Waals surface area contributed by atoms with Crippen LogP contribution in [0.15, 0.2) is 46.3 Å². The van der Waals surface area contributed by atoms with Gasteiger partial charge >= 0.3 is 12.2 Å². The summed E-state index contributed by atoms with van der Waals surface area (Å²) >= 11 is 0. The van der Waals surface area contributed by atoms with E-state index >= 15 is 0 Å². The third-order valence-electron chi connectivity index (χ3n) is 8.96. The molecular weight excluding hydrogens is 634 g/mol. The Morgan fingerprint density at radius 3 is 2.20 bits per heavy atom. The minimum atomic E-state index is -1.00. The molecule has 6 unspecified atom stereocenters. The second kappa shape index (κ2) is 19.9. The summed E-state index contributed by atoms with van der Waals surface area (Å²) in [4.78, 5) is 66.8. The van der Waals surface area contributed by atoms with Crippen molar-refractivity contribution in [2.24, 2.45) is 23.3 Å². The van der Waals surface area contributed by atoms with Crippen molar-refractivity contribution < 1.29 is 42.9 Å². The van der Waals surface area contributed by atoms with Crippen molar-refractivity contribution in [3.05, 3.63) is 46.3 Å². The van der Waals surface area contributed by atoms with Gasteiger partial charge in [0, 0.05) is 50.4 Å². The van der Waals surface area contributed by atoms with Crippen LogP contribution >= 0.6 is 0 Å². The van der Waals surface area contributed by atoms with Gasteiger partial charge in [0.25, 0.3) is 5.91 Å². The number of allylic oxidation sites excluding steroid dienone is 3. The van der Waals surface area contributed by atoms with Gasteiger partial charge in [0.15, 0.2) is 6.10 Å². The first-order valence-electron chi connectivity index (χ1n) is 16.8. The van der Waals surface area contributed by atoms with Crippen LogP contribution in [0, 0.1) is 11.8 Å². The van der Waals surface area contributed by atoms with Crippen LogP contribution in [0.3, 0.4) is 0 Å². The summed E-state index contributed by atoms with van der Waals surface area (Å²) in [7, 11) is 2.95. The van der Waals surface area contributed by atoms with Gasteiger partial charge in [0.05, 0.1) is 23.6 Å². The van der Waals surface area contributed by atoms with Gasteiger partial charge in [-0.1, -0.05) is 39.8 Å². The van der Waals surface area contributed by atoms with Crippen molar-refractivity contribution in [2.75, 3.05) is 40.4 Å². The summed E-state index contributed by atoms with van der Waals surface area (Å²) in [5.41, 5.74) is 12.1. The molecule has 14 heteroatoms. The number of ketones is 2. The highest BCUT2D eigenvalue weighted by Crippen LogP contribution is 2.30. The molecule has 0 radical (unpaired) electrons. The van der Waals surface area contributed by atoms with Gasteiger partial charge in [0.1, 0.15) is 6.10 Å². The number of carbonyl (C=O) groups is 5. The van der Waals surface area contributed by atoms with E-state index in [4.69, 9.17) is 30.4 Å². The number of hydrogen-bond acceptors (Lipinski definition) is 11. The average molecular weight is 690 g/mol. The molecule has 1 heterocycles. The van der Waals surface area contributed by atoms with Crippen molar-refractivity contribution >= 4 is 29.7 Å². The zero-order chi connectivity index (χ0) is 36.8. The Balaban J connectivity index is 2.64. The van der Waals surface area contributed by atoms with Crippen molar-refractivity contribution in [3.8, 4) is 0 Å². The van der Waals surface area contributed by atoms with Gasteiger partial charge in [-0.25, -0.2) is 9.59 Å². The number of Topliss-reactive ketones (excluding diaryl/α,β-unsaturated/α-hetero) is 1. The molecule has 1 aliphatic carbocycles.